The number of nitrogens with zero attached hydrogens (tertiary/aromatic N) is 2. The van der Waals surface area contributed by atoms with Crippen LogP contribution in [-0.4, -0.2) is 64.3 Å². The molecule has 0 aromatic carbocycles. The molecule has 0 saturated carbocycles. The number of hydrogen-bond acceptors (Lipinski definition) is 5. The number of rotatable bonds is 4. The monoisotopic (exact) mass is 294 g/mol. The third kappa shape index (κ3) is 3.25. The molecule has 1 saturated heterocycles. The average molecular weight is 294 g/mol. The Hall–Kier alpha value is -1.44. The molecule has 3 rings (SSSR count). The van der Waals surface area contributed by atoms with Crippen molar-refractivity contribution < 1.29 is 14.6 Å². The number of aliphatic hydroxyl groups is 1. The number of carbonyl (C=O) groups is 1. The fraction of sp³-hybridized carbons (Fsp3) is 0.714. The van der Waals surface area contributed by atoms with Gasteiger partial charge in [0.1, 0.15) is 0 Å². The van der Waals surface area contributed by atoms with Crippen LogP contribution in [0.2, 0.25) is 0 Å². The molecule has 21 heavy (non-hydrogen) atoms. The number of aromatic amines is 1. The third-order valence-electron chi connectivity index (χ3n) is 4.23. The van der Waals surface area contributed by atoms with E-state index in [-0.39, 0.29) is 24.7 Å². The number of aromatic nitrogens is 2. The van der Waals surface area contributed by atoms with Crippen molar-refractivity contribution in [2.24, 2.45) is 0 Å². The summed E-state index contributed by atoms with van der Waals surface area (Å²) in [4.78, 5) is 21.8. The first-order valence-electron chi connectivity index (χ1n) is 7.53. The maximum atomic E-state index is 12.6. The van der Waals surface area contributed by atoms with Crippen LogP contribution in [0.4, 0.5) is 0 Å². The lowest BCUT2D eigenvalue weighted by Crippen LogP contribution is -2.52. The molecule has 2 aliphatic heterocycles. The predicted octanol–water partition coefficient (Wildman–Crippen LogP) is -0.576. The van der Waals surface area contributed by atoms with Crippen LogP contribution >= 0.6 is 0 Å². The molecular weight excluding hydrogens is 272 g/mol. The Labute approximate surface area is 123 Å². The van der Waals surface area contributed by atoms with Crippen molar-refractivity contribution in [3.8, 4) is 0 Å². The molecule has 1 amide bonds. The highest BCUT2D eigenvalue weighted by molar-refractivity contribution is 5.82. The van der Waals surface area contributed by atoms with E-state index in [0.29, 0.717) is 19.6 Å². The van der Waals surface area contributed by atoms with Gasteiger partial charge in [-0.1, -0.05) is 0 Å². The van der Waals surface area contributed by atoms with Gasteiger partial charge in [0.2, 0.25) is 5.91 Å². The van der Waals surface area contributed by atoms with Crippen molar-refractivity contribution in [1.82, 2.24) is 20.2 Å². The smallest absolute Gasteiger partial charge is 0.240 e. The van der Waals surface area contributed by atoms with Gasteiger partial charge in [-0.3, -0.25) is 10.1 Å². The Balaban J connectivity index is 1.51. The third-order valence-corrected chi connectivity index (χ3v) is 4.23. The second-order valence-corrected chi connectivity index (χ2v) is 5.58. The number of imidazole rings is 1. The first-order chi connectivity index (χ1) is 10.3. The van der Waals surface area contributed by atoms with Gasteiger partial charge < -0.3 is 19.7 Å². The van der Waals surface area contributed by atoms with Crippen molar-refractivity contribution >= 4 is 5.91 Å². The van der Waals surface area contributed by atoms with Gasteiger partial charge in [0, 0.05) is 26.1 Å². The lowest BCUT2D eigenvalue weighted by Gasteiger charge is -2.35. The Kier molecular flexibility index (Phi) is 4.52. The molecule has 3 N–H and O–H groups in total. The van der Waals surface area contributed by atoms with Crippen LogP contribution in [0.3, 0.4) is 0 Å². The van der Waals surface area contributed by atoms with Gasteiger partial charge >= 0.3 is 0 Å². The Morgan fingerprint density at radius 2 is 2.29 bits per heavy atom. The van der Waals surface area contributed by atoms with Crippen LogP contribution < -0.4 is 5.32 Å². The second kappa shape index (κ2) is 6.55. The van der Waals surface area contributed by atoms with E-state index in [1.54, 1.807) is 6.33 Å². The zero-order chi connectivity index (χ0) is 14.7. The minimum Gasteiger partial charge on any atom is -0.394 e. The van der Waals surface area contributed by atoms with E-state index in [1.165, 1.54) is 0 Å². The second-order valence-electron chi connectivity index (χ2n) is 5.58. The molecular formula is C14H22N4O3. The van der Waals surface area contributed by atoms with Crippen LogP contribution in [0.15, 0.2) is 6.33 Å². The molecule has 0 aliphatic carbocycles. The molecule has 7 nitrogen and oxygen atoms in total. The fourth-order valence-electron chi connectivity index (χ4n) is 3.03. The van der Waals surface area contributed by atoms with E-state index in [1.807, 2.05) is 4.90 Å². The molecule has 0 bridgehead atoms. The van der Waals surface area contributed by atoms with Gasteiger partial charge in [0.05, 0.1) is 43.1 Å². The van der Waals surface area contributed by atoms with Gasteiger partial charge in [-0.15, -0.1) is 0 Å². The van der Waals surface area contributed by atoms with Gasteiger partial charge in [0.15, 0.2) is 0 Å². The summed E-state index contributed by atoms with van der Waals surface area (Å²) in [5, 5.41) is 12.0. The van der Waals surface area contributed by atoms with Gasteiger partial charge in [-0.25, -0.2) is 4.98 Å². The number of aliphatic hydroxyl groups excluding tert-OH is 1. The Bertz CT molecular complexity index is 482. The standard InChI is InChI=1S/C14H22N4O3/c19-5-6-21-10-1-3-18(4-2-10)14(20)12-7-11-13(8-15-12)17-9-16-11/h9-10,12,15,19H,1-8H2,(H,16,17). The minimum atomic E-state index is -0.171. The summed E-state index contributed by atoms with van der Waals surface area (Å²) < 4.78 is 5.52. The molecule has 1 aromatic rings. The highest BCUT2D eigenvalue weighted by atomic mass is 16.5. The van der Waals surface area contributed by atoms with E-state index >= 15 is 0 Å². The summed E-state index contributed by atoms with van der Waals surface area (Å²) in [6, 6.07) is -0.171. The maximum absolute atomic E-state index is 12.6. The van der Waals surface area contributed by atoms with Gasteiger partial charge in [0.25, 0.3) is 0 Å². The average Bonchev–Trinajstić information content (AvgIpc) is 3.00. The van der Waals surface area contributed by atoms with Gasteiger partial charge in [-0.05, 0) is 12.8 Å². The lowest BCUT2D eigenvalue weighted by atomic mass is 10.0. The largest absolute Gasteiger partial charge is 0.394 e. The van der Waals surface area contributed by atoms with Crippen LogP contribution in [0, 0.1) is 0 Å². The number of H-pyrrole nitrogens is 1. The molecule has 0 radical (unpaired) electrons. The van der Waals surface area contributed by atoms with Crippen molar-refractivity contribution in [1.29, 1.82) is 0 Å². The number of piperidine rings is 1. The summed E-state index contributed by atoms with van der Waals surface area (Å²) in [6.07, 6.45) is 4.18. The van der Waals surface area contributed by atoms with Crippen LogP contribution in [0.5, 0.6) is 0 Å². The topological polar surface area (TPSA) is 90.5 Å². The predicted molar refractivity (Wildman–Crippen MR) is 75.6 cm³/mol. The SMILES string of the molecule is O=C(C1Cc2nc[nH]c2CN1)N1CCC(OCCO)CC1. The molecule has 1 atom stereocenters. The Morgan fingerprint density at radius 1 is 1.48 bits per heavy atom. The number of ether oxygens (including phenoxy) is 1. The molecule has 1 fully saturated rings. The van der Waals surface area contributed by atoms with E-state index in [9.17, 15) is 4.79 Å². The number of fused-ring (bicyclic) bond motifs is 1. The van der Waals surface area contributed by atoms with Crippen molar-refractivity contribution in [3.05, 3.63) is 17.7 Å². The van der Waals surface area contributed by atoms with E-state index in [4.69, 9.17) is 9.84 Å². The lowest BCUT2D eigenvalue weighted by molar-refractivity contribution is -0.136. The first kappa shape index (κ1) is 14.5. The quantitative estimate of drug-likeness (QED) is 0.691. The molecule has 7 heteroatoms. The normalized spacial score (nSPS) is 23.1. The maximum Gasteiger partial charge on any atom is 0.240 e. The molecule has 3 heterocycles. The van der Waals surface area contributed by atoms with E-state index < -0.39 is 0 Å². The van der Waals surface area contributed by atoms with Crippen LogP contribution in [-0.2, 0) is 22.5 Å². The van der Waals surface area contributed by atoms with Crippen molar-refractivity contribution in [3.63, 3.8) is 0 Å². The van der Waals surface area contributed by atoms with E-state index in [0.717, 1.165) is 37.3 Å². The first-order valence-corrected chi connectivity index (χ1v) is 7.53. The molecule has 116 valence electrons. The van der Waals surface area contributed by atoms with Crippen LogP contribution in [0.25, 0.3) is 0 Å². The van der Waals surface area contributed by atoms with Crippen molar-refractivity contribution in [2.75, 3.05) is 26.3 Å². The van der Waals surface area contributed by atoms with Gasteiger partial charge in [-0.2, -0.15) is 0 Å². The number of hydrogen-bond donors (Lipinski definition) is 3. The zero-order valence-electron chi connectivity index (χ0n) is 12.0. The molecule has 1 unspecified atom stereocenters. The summed E-state index contributed by atoms with van der Waals surface area (Å²) in [5.41, 5.74) is 2.07. The minimum absolute atomic E-state index is 0.0527. The molecule has 0 spiro atoms. The number of amides is 1. The van der Waals surface area contributed by atoms with E-state index in [2.05, 4.69) is 15.3 Å². The zero-order valence-corrected chi connectivity index (χ0v) is 12.0. The number of carbonyl (C=O) groups excluding carboxylic acids is 1. The highest BCUT2D eigenvalue weighted by Crippen LogP contribution is 2.18. The van der Waals surface area contributed by atoms with Crippen LogP contribution in [0.1, 0.15) is 24.2 Å². The molecule has 1 aromatic heterocycles. The van der Waals surface area contributed by atoms with Crippen molar-refractivity contribution in [2.45, 2.75) is 38.0 Å². The summed E-state index contributed by atoms with van der Waals surface area (Å²) in [5.74, 6) is 0.157. The Morgan fingerprint density at radius 3 is 3.05 bits per heavy atom. The fourth-order valence-corrected chi connectivity index (χ4v) is 3.03. The number of nitrogens with one attached hydrogen (secondary N) is 2. The number of likely N-dealkylation sites (tertiary alicyclic amines) is 1. The summed E-state index contributed by atoms with van der Waals surface area (Å²) >= 11 is 0. The summed E-state index contributed by atoms with van der Waals surface area (Å²) in [7, 11) is 0. The highest BCUT2D eigenvalue weighted by Gasteiger charge is 2.31. The molecule has 2 aliphatic rings. The summed E-state index contributed by atoms with van der Waals surface area (Å²) in [6.45, 7) is 2.55.